The van der Waals surface area contributed by atoms with Crippen LogP contribution in [0.25, 0.3) is 0 Å². The number of amides is 2. The molecule has 0 saturated carbocycles. The smallest absolute Gasteiger partial charge is 0.258 e. The van der Waals surface area contributed by atoms with Gasteiger partial charge in [-0.25, -0.2) is 4.39 Å². The van der Waals surface area contributed by atoms with Gasteiger partial charge in [0.05, 0.1) is 5.56 Å². The molecule has 5 heteroatoms. The molecule has 1 N–H and O–H groups in total. The maximum Gasteiger partial charge on any atom is 0.258 e. The first-order chi connectivity index (χ1) is 15.0. The molecule has 0 fully saturated rings. The van der Waals surface area contributed by atoms with Crippen molar-refractivity contribution in [3.05, 3.63) is 114 Å². The van der Waals surface area contributed by atoms with E-state index in [4.69, 9.17) is 0 Å². The molecular formula is C26H25FN2O2. The van der Waals surface area contributed by atoms with Crippen LogP contribution < -0.4 is 5.32 Å². The van der Waals surface area contributed by atoms with Crippen LogP contribution in [0.4, 0.5) is 10.1 Å². The SMILES string of the molecule is C=CCN(CCc1ccccc1)C(=O)c1ccc(C)c(NC(=O)c2ccccc2F)c1. The molecule has 0 aliphatic heterocycles. The van der Waals surface area contributed by atoms with Crippen LogP contribution in [-0.2, 0) is 6.42 Å². The van der Waals surface area contributed by atoms with Crippen LogP contribution in [0, 0.1) is 12.7 Å². The Morgan fingerprint density at radius 1 is 1.03 bits per heavy atom. The molecule has 158 valence electrons. The van der Waals surface area contributed by atoms with Gasteiger partial charge in [0, 0.05) is 24.3 Å². The molecule has 0 heterocycles. The first-order valence-corrected chi connectivity index (χ1v) is 10.1. The van der Waals surface area contributed by atoms with Gasteiger partial charge in [-0.05, 0) is 48.7 Å². The predicted octanol–water partition coefficient (Wildman–Crippen LogP) is 5.26. The predicted molar refractivity (Wildman–Crippen MR) is 122 cm³/mol. The second-order valence-electron chi connectivity index (χ2n) is 7.24. The van der Waals surface area contributed by atoms with Gasteiger partial charge in [-0.1, -0.05) is 54.6 Å². The molecule has 4 nitrogen and oxygen atoms in total. The highest BCUT2D eigenvalue weighted by Crippen LogP contribution is 2.20. The lowest BCUT2D eigenvalue weighted by atomic mass is 10.1. The maximum absolute atomic E-state index is 13.9. The van der Waals surface area contributed by atoms with Crippen molar-refractivity contribution in [2.75, 3.05) is 18.4 Å². The van der Waals surface area contributed by atoms with Crippen molar-refractivity contribution in [1.82, 2.24) is 4.90 Å². The number of anilines is 1. The van der Waals surface area contributed by atoms with E-state index in [0.29, 0.717) is 24.3 Å². The molecule has 0 saturated heterocycles. The standard InChI is InChI=1S/C26H25FN2O2/c1-3-16-29(17-15-20-9-5-4-6-10-20)26(31)21-14-13-19(2)24(18-21)28-25(30)22-11-7-8-12-23(22)27/h3-14,18H,1,15-17H2,2H3,(H,28,30). The molecule has 31 heavy (non-hydrogen) atoms. The van der Waals surface area contributed by atoms with Crippen molar-refractivity contribution >= 4 is 17.5 Å². The van der Waals surface area contributed by atoms with Gasteiger partial charge in [-0.3, -0.25) is 9.59 Å². The van der Waals surface area contributed by atoms with Gasteiger partial charge in [-0.15, -0.1) is 6.58 Å². The normalized spacial score (nSPS) is 10.4. The van der Waals surface area contributed by atoms with E-state index in [-0.39, 0.29) is 11.5 Å². The largest absolute Gasteiger partial charge is 0.335 e. The Bertz CT molecular complexity index is 1080. The van der Waals surface area contributed by atoms with E-state index < -0.39 is 11.7 Å². The molecule has 3 aromatic rings. The van der Waals surface area contributed by atoms with E-state index in [9.17, 15) is 14.0 Å². The number of hydrogen-bond donors (Lipinski definition) is 1. The molecule has 3 aromatic carbocycles. The van der Waals surface area contributed by atoms with Gasteiger partial charge in [0.25, 0.3) is 11.8 Å². The molecule has 0 aromatic heterocycles. The summed E-state index contributed by atoms with van der Waals surface area (Å²) in [5.41, 5.74) is 2.80. The molecule has 3 rings (SSSR count). The van der Waals surface area contributed by atoms with E-state index >= 15 is 0 Å². The van der Waals surface area contributed by atoms with Gasteiger partial charge in [0.1, 0.15) is 5.82 Å². The first-order valence-electron chi connectivity index (χ1n) is 10.1. The van der Waals surface area contributed by atoms with Crippen LogP contribution in [0.5, 0.6) is 0 Å². The van der Waals surface area contributed by atoms with Crippen LogP contribution in [0.3, 0.4) is 0 Å². The summed E-state index contributed by atoms with van der Waals surface area (Å²) in [4.78, 5) is 27.4. The fraction of sp³-hybridized carbons (Fsp3) is 0.154. The number of benzene rings is 3. The third-order valence-electron chi connectivity index (χ3n) is 5.00. The molecule has 0 unspecified atom stereocenters. The lowest BCUT2D eigenvalue weighted by Gasteiger charge is -2.22. The Balaban J connectivity index is 1.77. The summed E-state index contributed by atoms with van der Waals surface area (Å²) < 4.78 is 13.9. The van der Waals surface area contributed by atoms with E-state index in [1.807, 2.05) is 37.3 Å². The zero-order valence-corrected chi connectivity index (χ0v) is 17.5. The Hall–Kier alpha value is -3.73. The zero-order chi connectivity index (χ0) is 22.2. The van der Waals surface area contributed by atoms with Gasteiger partial charge in [0.15, 0.2) is 0 Å². The fourth-order valence-corrected chi connectivity index (χ4v) is 3.25. The maximum atomic E-state index is 13.9. The second kappa shape index (κ2) is 10.3. The lowest BCUT2D eigenvalue weighted by molar-refractivity contribution is 0.0775. The Labute approximate surface area is 182 Å². The minimum atomic E-state index is -0.594. The summed E-state index contributed by atoms with van der Waals surface area (Å²) in [6.45, 7) is 6.53. The molecule has 0 aliphatic carbocycles. The summed E-state index contributed by atoms with van der Waals surface area (Å²) in [6.07, 6.45) is 2.42. The Morgan fingerprint density at radius 2 is 1.74 bits per heavy atom. The Morgan fingerprint density at radius 3 is 2.45 bits per heavy atom. The van der Waals surface area contributed by atoms with Crippen LogP contribution in [0.2, 0.25) is 0 Å². The molecule has 0 spiro atoms. The molecule has 0 radical (unpaired) electrons. The van der Waals surface area contributed by atoms with E-state index in [0.717, 1.165) is 17.5 Å². The van der Waals surface area contributed by atoms with Crippen molar-refractivity contribution in [1.29, 1.82) is 0 Å². The zero-order valence-electron chi connectivity index (χ0n) is 17.5. The summed E-state index contributed by atoms with van der Waals surface area (Å²) in [6, 6.07) is 20.9. The molecule has 0 bridgehead atoms. The number of carbonyl (C=O) groups excluding carboxylic acids is 2. The van der Waals surface area contributed by atoms with E-state index in [1.165, 1.54) is 18.2 Å². The van der Waals surface area contributed by atoms with Crippen molar-refractivity contribution in [3.8, 4) is 0 Å². The van der Waals surface area contributed by atoms with Crippen LogP contribution in [0.1, 0.15) is 31.8 Å². The summed E-state index contributed by atoms with van der Waals surface area (Å²) in [5, 5.41) is 2.72. The number of aryl methyl sites for hydroxylation is 1. The molecule has 0 aliphatic rings. The monoisotopic (exact) mass is 416 g/mol. The average Bonchev–Trinajstić information content (AvgIpc) is 2.78. The number of carbonyl (C=O) groups is 2. The van der Waals surface area contributed by atoms with Gasteiger partial charge in [0.2, 0.25) is 0 Å². The van der Waals surface area contributed by atoms with E-state index in [2.05, 4.69) is 11.9 Å². The number of hydrogen-bond acceptors (Lipinski definition) is 2. The van der Waals surface area contributed by atoms with Crippen molar-refractivity contribution in [2.45, 2.75) is 13.3 Å². The third kappa shape index (κ3) is 5.66. The highest BCUT2D eigenvalue weighted by atomic mass is 19.1. The molecular weight excluding hydrogens is 391 g/mol. The third-order valence-corrected chi connectivity index (χ3v) is 5.00. The lowest BCUT2D eigenvalue weighted by Crippen LogP contribution is -2.33. The minimum absolute atomic E-state index is 0.0465. The number of halogens is 1. The van der Waals surface area contributed by atoms with Crippen molar-refractivity contribution < 1.29 is 14.0 Å². The average molecular weight is 416 g/mol. The van der Waals surface area contributed by atoms with Crippen molar-refractivity contribution in [2.24, 2.45) is 0 Å². The highest BCUT2D eigenvalue weighted by Gasteiger charge is 2.17. The topological polar surface area (TPSA) is 49.4 Å². The van der Waals surface area contributed by atoms with Crippen LogP contribution in [-0.4, -0.2) is 29.8 Å². The number of nitrogens with one attached hydrogen (secondary N) is 1. The first kappa shape index (κ1) is 22.0. The summed E-state index contributed by atoms with van der Waals surface area (Å²) in [7, 11) is 0. The van der Waals surface area contributed by atoms with Crippen molar-refractivity contribution in [3.63, 3.8) is 0 Å². The summed E-state index contributed by atoms with van der Waals surface area (Å²) >= 11 is 0. The number of nitrogens with zero attached hydrogens (tertiary/aromatic N) is 1. The quantitative estimate of drug-likeness (QED) is 0.510. The minimum Gasteiger partial charge on any atom is -0.335 e. The molecule has 2 amide bonds. The fourth-order valence-electron chi connectivity index (χ4n) is 3.25. The summed E-state index contributed by atoms with van der Waals surface area (Å²) in [5.74, 6) is -1.31. The van der Waals surface area contributed by atoms with Crippen LogP contribution >= 0.6 is 0 Å². The highest BCUT2D eigenvalue weighted by molar-refractivity contribution is 6.05. The Kier molecular flexibility index (Phi) is 7.33. The molecule has 0 atom stereocenters. The van der Waals surface area contributed by atoms with E-state index in [1.54, 1.807) is 35.2 Å². The number of rotatable bonds is 8. The van der Waals surface area contributed by atoms with Gasteiger partial charge < -0.3 is 10.2 Å². The van der Waals surface area contributed by atoms with Gasteiger partial charge in [-0.2, -0.15) is 0 Å². The second-order valence-corrected chi connectivity index (χ2v) is 7.24. The van der Waals surface area contributed by atoms with Gasteiger partial charge >= 0.3 is 0 Å². The van der Waals surface area contributed by atoms with Crippen LogP contribution in [0.15, 0.2) is 85.5 Å².